The number of benzene rings is 2. The van der Waals surface area contributed by atoms with Gasteiger partial charge < -0.3 is 9.47 Å². The van der Waals surface area contributed by atoms with Gasteiger partial charge in [-0.2, -0.15) is 0 Å². The first-order chi connectivity index (χ1) is 11.5. The standard InChI is InChI=1S/C18H21NO4S/c1-13-4-5-14(2)18(10-13)24(20,21)19-12-15-6-7-16-17(11-15)23-9-3-8-22-16/h4-7,10-11,19H,3,8-9,12H2,1-2H3. The fourth-order valence-electron chi connectivity index (χ4n) is 2.57. The van der Waals surface area contributed by atoms with E-state index >= 15 is 0 Å². The van der Waals surface area contributed by atoms with Crippen LogP contribution in [0.2, 0.25) is 0 Å². The molecule has 0 radical (unpaired) electrons. The topological polar surface area (TPSA) is 64.6 Å². The molecule has 0 atom stereocenters. The van der Waals surface area contributed by atoms with Crippen LogP contribution in [0.15, 0.2) is 41.3 Å². The van der Waals surface area contributed by atoms with Gasteiger partial charge >= 0.3 is 0 Å². The summed E-state index contributed by atoms with van der Waals surface area (Å²) in [7, 11) is -3.56. The normalized spacial score (nSPS) is 14.2. The van der Waals surface area contributed by atoms with E-state index in [0.717, 1.165) is 23.1 Å². The van der Waals surface area contributed by atoms with E-state index in [2.05, 4.69) is 4.72 Å². The van der Waals surface area contributed by atoms with Crippen molar-refractivity contribution in [2.24, 2.45) is 0 Å². The highest BCUT2D eigenvalue weighted by Gasteiger charge is 2.17. The summed E-state index contributed by atoms with van der Waals surface area (Å²) in [5.74, 6) is 1.37. The Labute approximate surface area is 142 Å². The molecular weight excluding hydrogens is 326 g/mol. The van der Waals surface area contributed by atoms with Crippen molar-refractivity contribution in [3.05, 3.63) is 53.1 Å². The minimum absolute atomic E-state index is 0.201. The number of rotatable bonds is 4. The van der Waals surface area contributed by atoms with Crippen LogP contribution in [0.1, 0.15) is 23.1 Å². The Hall–Kier alpha value is -2.05. The van der Waals surface area contributed by atoms with Gasteiger partial charge in [0.05, 0.1) is 18.1 Å². The van der Waals surface area contributed by atoms with Crippen LogP contribution in [0.3, 0.4) is 0 Å². The second-order valence-electron chi connectivity index (χ2n) is 5.93. The molecular formula is C18H21NO4S. The molecule has 0 saturated heterocycles. The fourth-order valence-corrected chi connectivity index (χ4v) is 3.92. The number of sulfonamides is 1. The highest BCUT2D eigenvalue weighted by molar-refractivity contribution is 7.89. The van der Waals surface area contributed by atoms with E-state index in [0.29, 0.717) is 29.6 Å². The Morgan fingerprint density at radius 3 is 2.54 bits per heavy atom. The van der Waals surface area contributed by atoms with Crippen molar-refractivity contribution in [2.75, 3.05) is 13.2 Å². The second kappa shape index (κ2) is 6.83. The van der Waals surface area contributed by atoms with E-state index in [9.17, 15) is 8.42 Å². The SMILES string of the molecule is Cc1ccc(C)c(S(=O)(=O)NCc2ccc3c(c2)OCCCO3)c1. The van der Waals surface area contributed by atoms with Crippen LogP contribution >= 0.6 is 0 Å². The van der Waals surface area contributed by atoms with Crippen LogP contribution in [-0.4, -0.2) is 21.6 Å². The van der Waals surface area contributed by atoms with Gasteiger partial charge in [-0.1, -0.05) is 18.2 Å². The van der Waals surface area contributed by atoms with Crippen molar-refractivity contribution in [3.8, 4) is 11.5 Å². The Morgan fingerprint density at radius 1 is 1.00 bits per heavy atom. The van der Waals surface area contributed by atoms with Crippen molar-refractivity contribution in [1.82, 2.24) is 4.72 Å². The summed E-state index contributed by atoms with van der Waals surface area (Å²) in [4.78, 5) is 0.317. The zero-order valence-corrected chi connectivity index (χ0v) is 14.7. The molecule has 3 rings (SSSR count). The van der Waals surface area contributed by atoms with Crippen molar-refractivity contribution in [1.29, 1.82) is 0 Å². The minimum Gasteiger partial charge on any atom is -0.490 e. The van der Waals surface area contributed by atoms with E-state index in [1.807, 2.05) is 37.3 Å². The Bertz CT molecular complexity index is 846. The van der Waals surface area contributed by atoms with Crippen molar-refractivity contribution in [3.63, 3.8) is 0 Å². The molecule has 2 aromatic carbocycles. The van der Waals surface area contributed by atoms with Gasteiger partial charge in [-0.25, -0.2) is 13.1 Å². The molecule has 1 heterocycles. The molecule has 0 unspecified atom stereocenters. The molecule has 5 nitrogen and oxygen atoms in total. The molecule has 128 valence electrons. The summed E-state index contributed by atoms with van der Waals surface area (Å²) in [6.07, 6.45) is 0.837. The lowest BCUT2D eigenvalue weighted by molar-refractivity contribution is 0.297. The molecule has 0 amide bonds. The molecule has 1 aliphatic heterocycles. The number of hydrogen-bond donors (Lipinski definition) is 1. The highest BCUT2D eigenvalue weighted by Crippen LogP contribution is 2.30. The van der Waals surface area contributed by atoms with Crippen molar-refractivity contribution >= 4 is 10.0 Å². The van der Waals surface area contributed by atoms with Gasteiger partial charge in [0.15, 0.2) is 11.5 Å². The van der Waals surface area contributed by atoms with Gasteiger partial charge in [0, 0.05) is 13.0 Å². The third kappa shape index (κ3) is 3.71. The maximum Gasteiger partial charge on any atom is 0.241 e. The fraction of sp³-hybridized carbons (Fsp3) is 0.333. The highest BCUT2D eigenvalue weighted by atomic mass is 32.2. The van der Waals surface area contributed by atoms with Crippen LogP contribution in [0, 0.1) is 13.8 Å². The van der Waals surface area contributed by atoms with Gasteiger partial charge in [0.1, 0.15) is 0 Å². The van der Waals surface area contributed by atoms with E-state index in [1.54, 1.807) is 13.0 Å². The van der Waals surface area contributed by atoms with Gasteiger partial charge in [0.2, 0.25) is 10.0 Å². The average Bonchev–Trinajstić information content (AvgIpc) is 2.80. The molecule has 2 aromatic rings. The molecule has 0 aliphatic carbocycles. The van der Waals surface area contributed by atoms with Crippen LogP contribution in [0.25, 0.3) is 0 Å². The summed E-state index contributed by atoms with van der Waals surface area (Å²) in [5.41, 5.74) is 2.47. The molecule has 1 N–H and O–H groups in total. The van der Waals surface area contributed by atoms with Gasteiger partial charge in [-0.05, 0) is 48.7 Å². The van der Waals surface area contributed by atoms with Gasteiger partial charge in [-0.3, -0.25) is 0 Å². The number of nitrogens with one attached hydrogen (secondary N) is 1. The minimum atomic E-state index is -3.56. The Balaban J connectivity index is 1.77. The first kappa shape index (κ1) is 16.8. The Kier molecular flexibility index (Phi) is 4.78. The average molecular weight is 347 g/mol. The monoisotopic (exact) mass is 347 g/mol. The lowest BCUT2D eigenvalue weighted by atomic mass is 10.2. The zero-order valence-electron chi connectivity index (χ0n) is 13.8. The number of aryl methyl sites for hydroxylation is 2. The Morgan fingerprint density at radius 2 is 1.75 bits per heavy atom. The maximum absolute atomic E-state index is 12.6. The molecule has 0 spiro atoms. The number of fused-ring (bicyclic) bond motifs is 1. The van der Waals surface area contributed by atoms with Crippen LogP contribution < -0.4 is 14.2 Å². The molecule has 6 heteroatoms. The quantitative estimate of drug-likeness (QED) is 0.923. The first-order valence-corrected chi connectivity index (χ1v) is 9.39. The third-order valence-electron chi connectivity index (χ3n) is 3.91. The number of ether oxygens (including phenoxy) is 2. The van der Waals surface area contributed by atoms with Crippen molar-refractivity contribution in [2.45, 2.75) is 31.7 Å². The van der Waals surface area contributed by atoms with Gasteiger partial charge in [0.25, 0.3) is 0 Å². The van der Waals surface area contributed by atoms with E-state index in [-0.39, 0.29) is 6.54 Å². The molecule has 0 aromatic heterocycles. The smallest absolute Gasteiger partial charge is 0.241 e. The summed E-state index contributed by atoms with van der Waals surface area (Å²) in [6, 6.07) is 10.9. The van der Waals surface area contributed by atoms with Crippen LogP contribution in [0.4, 0.5) is 0 Å². The maximum atomic E-state index is 12.6. The second-order valence-corrected chi connectivity index (χ2v) is 7.66. The molecule has 0 saturated carbocycles. The third-order valence-corrected chi connectivity index (χ3v) is 5.45. The summed E-state index contributed by atoms with van der Waals surface area (Å²) < 4.78 is 39.0. The number of hydrogen-bond acceptors (Lipinski definition) is 4. The van der Waals surface area contributed by atoms with E-state index in [1.165, 1.54) is 0 Å². The van der Waals surface area contributed by atoms with E-state index < -0.39 is 10.0 Å². The molecule has 0 bridgehead atoms. The largest absolute Gasteiger partial charge is 0.490 e. The predicted octanol–water partition coefficient (Wildman–Crippen LogP) is 2.94. The predicted molar refractivity (Wildman–Crippen MR) is 92.0 cm³/mol. The summed E-state index contributed by atoms with van der Waals surface area (Å²) >= 11 is 0. The first-order valence-electron chi connectivity index (χ1n) is 7.91. The molecule has 24 heavy (non-hydrogen) atoms. The molecule has 1 aliphatic rings. The van der Waals surface area contributed by atoms with Crippen LogP contribution in [0.5, 0.6) is 11.5 Å². The van der Waals surface area contributed by atoms with E-state index in [4.69, 9.17) is 9.47 Å². The lowest BCUT2D eigenvalue weighted by Crippen LogP contribution is -2.24. The molecule has 0 fully saturated rings. The zero-order chi connectivity index (χ0) is 17.2. The van der Waals surface area contributed by atoms with Gasteiger partial charge in [-0.15, -0.1) is 0 Å². The summed E-state index contributed by atoms with van der Waals surface area (Å²) in [5, 5.41) is 0. The van der Waals surface area contributed by atoms with Crippen molar-refractivity contribution < 1.29 is 17.9 Å². The van der Waals surface area contributed by atoms with Crippen LogP contribution in [-0.2, 0) is 16.6 Å². The lowest BCUT2D eigenvalue weighted by Gasteiger charge is -2.12. The summed E-state index contributed by atoms with van der Waals surface area (Å²) in [6.45, 7) is 5.10.